The number of aryl methyl sites for hydroxylation is 2. The van der Waals surface area contributed by atoms with Gasteiger partial charge in [-0.15, -0.1) is 0 Å². The molecule has 2 N–H and O–H groups in total. The van der Waals surface area contributed by atoms with E-state index in [9.17, 15) is 4.39 Å². The fourth-order valence-electron chi connectivity index (χ4n) is 3.62. The lowest BCUT2D eigenvalue weighted by atomic mass is 10.1. The van der Waals surface area contributed by atoms with Crippen molar-refractivity contribution < 1.29 is 13.9 Å². The van der Waals surface area contributed by atoms with Crippen LogP contribution in [0.25, 0.3) is 22.2 Å². The predicted molar refractivity (Wildman–Crippen MR) is 149 cm³/mol. The normalized spacial score (nSPS) is 10.2. The fraction of sp³-hybridized carbons (Fsp3) is 0.241. The zero-order valence-electron chi connectivity index (χ0n) is 22.6. The van der Waals surface area contributed by atoms with Gasteiger partial charge >= 0.3 is 0 Å². The molecule has 0 saturated heterocycles. The number of halogens is 1. The smallest absolute Gasteiger partial charge is 0.207 e. The molecule has 38 heavy (non-hydrogen) atoms. The monoisotopic (exact) mass is 516 g/mol. The van der Waals surface area contributed by atoms with Crippen LogP contribution in [0.4, 0.5) is 10.2 Å². The van der Waals surface area contributed by atoms with Crippen LogP contribution in [-0.4, -0.2) is 24.5 Å². The van der Waals surface area contributed by atoms with E-state index in [0.29, 0.717) is 17.4 Å². The average Bonchev–Trinajstić information content (AvgIpc) is 3.30. The Labute approximate surface area is 222 Å². The molecule has 5 aromatic rings. The SMILES string of the molecule is CC.CC.Cc1ncc(COc2cccc(Oc3ccc(-c4cn(C)c5ncnc(N)c45)cc3)c2F)cn1. The van der Waals surface area contributed by atoms with Gasteiger partial charge in [0.2, 0.25) is 5.82 Å². The second kappa shape index (κ2) is 13.1. The Kier molecular flexibility index (Phi) is 9.70. The largest absolute Gasteiger partial charge is 0.486 e. The summed E-state index contributed by atoms with van der Waals surface area (Å²) in [4.78, 5) is 16.6. The summed E-state index contributed by atoms with van der Waals surface area (Å²) in [5.41, 5.74) is 9.40. The van der Waals surface area contributed by atoms with Crippen molar-refractivity contribution in [1.82, 2.24) is 24.5 Å². The predicted octanol–water partition coefficient (Wildman–Crippen LogP) is 6.88. The molecule has 2 aromatic carbocycles. The Morgan fingerprint density at radius 2 is 1.55 bits per heavy atom. The first-order chi connectivity index (χ1) is 18.5. The van der Waals surface area contributed by atoms with E-state index in [1.165, 1.54) is 6.33 Å². The number of rotatable bonds is 6. The number of ether oxygens (including phenoxy) is 2. The quantitative estimate of drug-likeness (QED) is 0.262. The van der Waals surface area contributed by atoms with Crippen LogP contribution < -0.4 is 15.2 Å². The van der Waals surface area contributed by atoms with Gasteiger partial charge in [-0.3, -0.25) is 0 Å². The second-order valence-corrected chi connectivity index (χ2v) is 7.73. The van der Waals surface area contributed by atoms with E-state index in [1.807, 2.05) is 57.6 Å². The fourth-order valence-corrected chi connectivity index (χ4v) is 3.62. The van der Waals surface area contributed by atoms with E-state index in [0.717, 1.165) is 27.7 Å². The molecule has 0 amide bonds. The lowest BCUT2D eigenvalue weighted by Gasteiger charge is -2.11. The number of fused-ring (bicyclic) bond motifs is 1. The summed E-state index contributed by atoms with van der Waals surface area (Å²) >= 11 is 0. The Morgan fingerprint density at radius 3 is 2.24 bits per heavy atom. The van der Waals surface area contributed by atoms with Crippen molar-refractivity contribution in [2.75, 3.05) is 5.73 Å². The summed E-state index contributed by atoms with van der Waals surface area (Å²) in [5.74, 6) is 1.12. The molecule has 8 nitrogen and oxygen atoms in total. The third kappa shape index (κ3) is 6.23. The van der Waals surface area contributed by atoms with E-state index < -0.39 is 5.82 Å². The molecule has 0 aliphatic carbocycles. The van der Waals surface area contributed by atoms with Gasteiger partial charge in [0.05, 0.1) is 5.39 Å². The molecule has 0 radical (unpaired) electrons. The summed E-state index contributed by atoms with van der Waals surface area (Å²) in [6.45, 7) is 9.94. The molecule has 0 saturated carbocycles. The highest BCUT2D eigenvalue weighted by molar-refractivity contribution is 6.00. The van der Waals surface area contributed by atoms with Crippen LogP contribution in [0.15, 0.2) is 67.4 Å². The maximum atomic E-state index is 15.0. The molecule has 0 aliphatic rings. The molecule has 5 rings (SSSR count). The van der Waals surface area contributed by atoms with Gasteiger partial charge in [-0.2, -0.15) is 4.39 Å². The molecule has 198 valence electrons. The molecule has 3 heterocycles. The van der Waals surface area contributed by atoms with Crippen molar-refractivity contribution in [3.8, 4) is 28.4 Å². The molecular weight excluding hydrogens is 483 g/mol. The van der Waals surface area contributed by atoms with Crippen LogP contribution in [0.1, 0.15) is 39.1 Å². The van der Waals surface area contributed by atoms with Gasteiger partial charge in [-0.25, -0.2) is 19.9 Å². The number of hydrogen-bond acceptors (Lipinski definition) is 7. The van der Waals surface area contributed by atoms with Crippen molar-refractivity contribution in [3.63, 3.8) is 0 Å². The summed E-state index contributed by atoms with van der Waals surface area (Å²) in [6.07, 6.45) is 6.69. The highest BCUT2D eigenvalue weighted by atomic mass is 19.1. The van der Waals surface area contributed by atoms with Crippen LogP contribution in [-0.2, 0) is 13.7 Å². The topological polar surface area (TPSA) is 101 Å². The number of anilines is 1. The summed E-state index contributed by atoms with van der Waals surface area (Å²) in [5, 5.41) is 0.786. The molecule has 0 unspecified atom stereocenters. The van der Waals surface area contributed by atoms with E-state index >= 15 is 0 Å². The first kappa shape index (κ1) is 28.0. The van der Waals surface area contributed by atoms with E-state index in [2.05, 4.69) is 19.9 Å². The summed E-state index contributed by atoms with van der Waals surface area (Å²) in [6, 6.07) is 12.1. The van der Waals surface area contributed by atoms with E-state index in [1.54, 1.807) is 49.6 Å². The number of nitrogens with zero attached hydrogens (tertiary/aromatic N) is 5. The molecule has 0 aliphatic heterocycles. The minimum absolute atomic E-state index is 0.0632. The van der Waals surface area contributed by atoms with Gasteiger partial charge in [-0.1, -0.05) is 45.9 Å². The lowest BCUT2D eigenvalue weighted by Crippen LogP contribution is -2.00. The van der Waals surface area contributed by atoms with Crippen molar-refractivity contribution in [2.24, 2.45) is 7.05 Å². The Morgan fingerprint density at radius 1 is 0.895 bits per heavy atom. The first-order valence-electron chi connectivity index (χ1n) is 12.5. The van der Waals surface area contributed by atoms with Crippen LogP contribution in [0.5, 0.6) is 17.2 Å². The maximum Gasteiger partial charge on any atom is 0.207 e. The van der Waals surface area contributed by atoms with Crippen LogP contribution in [0.2, 0.25) is 0 Å². The lowest BCUT2D eigenvalue weighted by molar-refractivity contribution is 0.284. The van der Waals surface area contributed by atoms with Crippen molar-refractivity contribution in [2.45, 2.75) is 41.2 Å². The average molecular weight is 517 g/mol. The second-order valence-electron chi connectivity index (χ2n) is 7.73. The van der Waals surface area contributed by atoms with Gasteiger partial charge in [0.15, 0.2) is 11.5 Å². The van der Waals surface area contributed by atoms with Crippen LogP contribution in [0, 0.1) is 12.7 Å². The maximum absolute atomic E-state index is 15.0. The van der Waals surface area contributed by atoms with Crippen LogP contribution >= 0.6 is 0 Å². The number of nitrogens with two attached hydrogens (primary N) is 1. The number of hydrogen-bond donors (Lipinski definition) is 1. The molecule has 3 aromatic heterocycles. The van der Waals surface area contributed by atoms with Gasteiger partial charge in [0.1, 0.15) is 36.0 Å². The zero-order valence-corrected chi connectivity index (χ0v) is 22.6. The van der Waals surface area contributed by atoms with Crippen molar-refractivity contribution in [3.05, 3.63) is 84.6 Å². The van der Waals surface area contributed by atoms with Gasteiger partial charge < -0.3 is 19.8 Å². The minimum atomic E-state index is -0.585. The number of nitrogen functional groups attached to an aromatic ring is 1. The third-order valence-electron chi connectivity index (χ3n) is 5.33. The van der Waals surface area contributed by atoms with Crippen molar-refractivity contribution >= 4 is 16.9 Å². The molecule has 0 atom stereocenters. The highest BCUT2D eigenvalue weighted by Crippen LogP contribution is 2.35. The third-order valence-corrected chi connectivity index (χ3v) is 5.33. The molecule has 0 spiro atoms. The van der Waals surface area contributed by atoms with E-state index in [4.69, 9.17) is 15.2 Å². The summed E-state index contributed by atoms with van der Waals surface area (Å²) < 4.78 is 28.3. The number of benzene rings is 2. The standard InChI is InChI=1S/C25H21FN6O2.2C2H6/c1-15-28-10-16(11-29-15)13-33-20-4-3-5-21(23(20)26)34-18-8-6-17(7-9-18)19-12-32(2)25-22(19)24(27)30-14-31-25;2*1-2/h3-12,14H,13H2,1-2H3,(H2,27,30,31);2*1-2H3. The van der Waals surface area contributed by atoms with Crippen molar-refractivity contribution in [1.29, 1.82) is 0 Å². The first-order valence-corrected chi connectivity index (χ1v) is 12.5. The molecular formula is C29H33FN6O2. The zero-order chi connectivity index (χ0) is 27.7. The minimum Gasteiger partial charge on any atom is -0.486 e. The van der Waals surface area contributed by atoms with Gasteiger partial charge in [0, 0.05) is 36.8 Å². The molecule has 0 fully saturated rings. The van der Waals surface area contributed by atoms with E-state index in [-0.39, 0.29) is 18.1 Å². The Hall–Kier alpha value is -4.53. The van der Waals surface area contributed by atoms with Crippen LogP contribution in [0.3, 0.4) is 0 Å². The molecule has 0 bridgehead atoms. The van der Waals surface area contributed by atoms with Gasteiger partial charge in [-0.05, 0) is 36.8 Å². The molecule has 9 heteroatoms. The van der Waals surface area contributed by atoms with Gasteiger partial charge in [0.25, 0.3) is 0 Å². The Bertz CT molecular complexity index is 1470. The Balaban J connectivity index is 0.000000956. The number of aromatic nitrogens is 5. The highest BCUT2D eigenvalue weighted by Gasteiger charge is 2.15. The summed E-state index contributed by atoms with van der Waals surface area (Å²) in [7, 11) is 1.90.